The van der Waals surface area contributed by atoms with Crippen molar-refractivity contribution in [2.75, 3.05) is 25.0 Å². The summed E-state index contributed by atoms with van der Waals surface area (Å²) in [6.45, 7) is 5.63. The van der Waals surface area contributed by atoms with Gasteiger partial charge in [0.1, 0.15) is 0 Å². The maximum absolute atomic E-state index is 5.86. The fourth-order valence-electron chi connectivity index (χ4n) is 2.68. The molecule has 1 aliphatic heterocycles. The van der Waals surface area contributed by atoms with Crippen LogP contribution in [0.15, 0.2) is 24.3 Å². The Hall–Kier alpha value is -0.840. The Morgan fingerprint density at radius 1 is 1.33 bits per heavy atom. The maximum Gasteiger partial charge on any atom is 0.170 e. The fraction of sp³-hybridized carbons (Fsp3) is 0.562. The zero-order chi connectivity index (χ0) is 15.1. The number of rotatable bonds is 5. The average Bonchev–Trinajstić information content (AvgIpc) is 2.48. The minimum atomic E-state index is 0.670. The summed E-state index contributed by atoms with van der Waals surface area (Å²) in [6, 6.07) is 8.28. The normalized spacial score (nSPS) is 19.2. The van der Waals surface area contributed by atoms with E-state index in [-0.39, 0.29) is 0 Å². The van der Waals surface area contributed by atoms with Crippen molar-refractivity contribution in [1.29, 1.82) is 0 Å². The topological polar surface area (TPSA) is 27.3 Å². The SMILES string of the molecule is C[C@@H]1CCCCN1CCCNC(=S)Nc1ccc(Cl)cc1. The summed E-state index contributed by atoms with van der Waals surface area (Å²) in [5.41, 5.74) is 0.960. The number of benzene rings is 1. The van der Waals surface area contributed by atoms with Crippen molar-refractivity contribution in [3.8, 4) is 0 Å². The molecule has 1 heterocycles. The number of nitrogens with zero attached hydrogens (tertiary/aromatic N) is 1. The largest absolute Gasteiger partial charge is 0.362 e. The molecule has 1 aromatic rings. The van der Waals surface area contributed by atoms with E-state index in [1.165, 1.54) is 25.8 Å². The van der Waals surface area contributed by atoms with Crippen LogP contribution in [0.4, 0.5) is 5.69 Å². The Morgan fingerprint density at radius 2 is 2.10 bits per heavy atom. The maximum atomic E-state index is 5.86. The van der Waals surface area contributed by atoms with Crippen LogP contribution in [0.3, 0.4) is 0 Å². The van der Waals surface area contributed by atoms with Crippen molar-refractivity contribution in [3.63, 3.8) is 0 Å². The van der Waals surface area contributed by atoms with E-state index in [4.69, 9.17) is 23.8 Å². The molecule has 5 heteroatoms. The van der Waals surface area contributed by atoms with E-state index in [0.29, 0.717) is 5.11 Å². The van der Waals surface area contributed by atoms with E-state index in [9.17, 15) is 0 Å². The number of piperidine rings is 1. The summed E-state index contributed by atoms with van der Waals surface area (Å²) < 4.78 is 0. The van der Waals surface area contributed by atoms with Crippen molar-refractivity contribution in [1.82, 2.24) is 10.2 Å². The quantitative estimate of drug-likeness (QED) is 0.634. The summed E-state index contributed by atoms with van der Waals surface area (Å²) in [4.78, 5) is 2.58. The smallest absolute Gasteiger partial charge is 0.170 e. The zero-order valence-corrected chi connectivity index (χ0v) is 14.1. The highest BCUT2D eigenvalue weighted by Gasteiger charge is 2.16. The molecule has 21 heavy (non-hydrogen) atoms. The third kappa shape index (κ3) is 5.81. The third-order valence-electron chi connectivity index (χ3n) is 3.95. The molecule has 1 aromatic carbocycles. The van der Waals surface area contributed by atoms with Gasteiger partial charge < -0.3 is 15.5 Å². The second-order valence-corrected chi connectivity index (χ2v) is 6.47. The number of halogens is 1. The van der Waals surface area contributed by atoms with Gasteiger partial charge in [-0.3, -0.25) is 0 Å². The monoisotopic (exact) mass is 325 g/mol. The Morgan fingerprint density at radius 3 is 2.81 bits per heavy atom. The number of hydrogen-bond acceptors (Lipinski definition) is 2. The molecule has 116 valence electrons. The van der Waals surface area contributed by atoms with E-state index >= 15 is 0 Å². The van der Waals surface area contributed by atoms with Crippen LogP contribution in [0.5, 0.6) is 0 Å². The molecule has 1 saturated heterocycles. The second-order valence-electron chi connectivity index (χ2n) is 5.62. The van der Waals surface area contributed by atoms with Crippen LogP contribution in [0.25, 0.3) is 0 Å². The highest BCUT2D eigenvalue weighted by molar-refractivity contribution is 7.80. The number of anilines is 1. The second kappa shape index (κ2) is 8.57. The van der Waals surface area contributed by atoms with Crippen LogP contribution in [0.2, 0.25) is 5.02 Å². The first-order chi connectivity index (χ1) is 10.1. The number of likely N-dealkylation sites (tertiary alicyclic amines) is 1. The van der Waals surface area contributed by atoms with E-state index in [0.717, 1.165) is 36.3 Å². The molecule has 0 aliphatic carbocycles. The molecule has 3 nitrogen and oxygen atoms in total. The first-order valence-corrected chi connectivity index (χ1v) is 8.48. The zero-order valence-electron chi connectivity index (χ0n) is 12.6. The van der Waals surface area contributed by atoms with Crippen LogP contribution >= 0.6 is 23.8 Å². The van der Waals surface area contributed by atoms with Gasteiger partial charge in [-0.1, -0.05) is 18.0 Å². The molecule has 2 N–H and O–H groups in total. The van der Waals surface area contributed by atoms with Gasteiger partial charge in [-0.2, -0.15) is 0 Å². The van der Waals surface area contributed by atoms with Gasteiger partial charge in [0.25, 0.3) is 0 Å². The lowest BCUT2D eigenvalue weighted by Crippen LogP contribution is -2.39. The van der Waals surface area contributed by atoms with Crippen molar-refractivity contribution in [2.24, 2.45) is 0 Å². The molecular weight excluding hydrogens is 302 g/mol. The molecular formula is C16H24ClN3S. The van der Waals surface area contributed by atoms with Gasteiger partial charge in [0, 0.05) is 29.8 Å². The molecule has 0 amide bonds. The van der Waals surface area contributed by atoms with Gasteiger partial charge in [-0.25, -0.2) is 0 Å². The fourth-order valence-corrected chi connectivity index (χ4v) is 3.03. The van der Waals surface area contributed by atoms with E-state index in [2.05, 4.69) is 22.5 Å². The molecule has 0 unspecified atom stereocenters. The number of nitrogens with one attached hydrogen (secondary N) is 2. The van der Waals surface area contributed by atoms with Gasteiger partial charge in [0.15, 0.2) is 5.11 Å². The van der Waals surface area contributed by atoms with Crippen LogP contribution in [0.1, 0.15) is 32.6 Å². The molecule has 1 fully saturated rings. The predicted octanol–water partition coefficient (Wildman–Crippen LogP) is 3.89. The van der Waals surface area contributed by atoms with E-state index < -0.39 is 0 Å². The third-order valence-corrected chi connectivity index (χ3v) is 4.45. The van der Waals surface area contributed by atoms with Gasteiger partial charge in [0.2, 0.25) is 0 Å². The lowest BCUT2D eigenvalue weighted by molar-refractivity contribution is 0.159. The minimum Gasteiger partial charge on any atom is -0.362 e. The summed E-state index contributed by atoms with van der Waals surface area (Å²) in [5, 5.41) is 7.83. The van der Waals surface area contributed by atoms with Gasteiger partial charge >= 0.3 is 0 Å². The molecule has 2 rings (SSSR count). The predicted molar refractivity (Wildman–Crippen MR) is 95.2 cm³/mol. The summed E-state index contributed by atoms with van der Waals surface area (Å²) >= 11 is 11.1. The Balaban J connectivity index is 1.61. The van der Waals surface area contributed by atoms with Gasteiger partial charge in [-0.15, -0.1) is 0 Å². The average molecular weight is 326 g/mol. The molecule has 0 saturated carbocycles. The van der Waals surface area contributed by atoms with Gasteiger partial charge in [0.05, 0.1) is 0 Å². The summed E-state index contributed by atoms with van der Waals surface area (Å²) in [5.74, 6) is 0. The standard InChI is InChI=1S/C16H24ClN3S/c1-13-5-2-3-11-20(13)12-4-10-18-16(21)19-15-8-6-14(17)7-9-15/h6-9,13H,2-5,10-12H2,1H3,(H2,18,19,21)/t13-/m1/s1. The van der Waals surface area contributed by atoms with Crippen LogP contribution in [0, 0.1) is 0 Å². The summed E-state index contributed by atoms with van der Waals surface area (Å²) in [7, 11) is 0. The number of hydrogen-bond donors (Lipinski definition) is 2. The minimum absolute atomic E-state index is 0.670. The Labute approximate surface area is 138 Å². The molecule has 1 aliphatic rings. The molecule has 0 radical (unpaired) electrons. The number of thiocarbonyl (C=S) groups is 1. The van der Waals surface area contributed by atoms with Crippen molar-refractivity contribution < 1.29 is 0 Å². The molecule has 0 bridgehead atoms. The van der Waals surface area contributed by atoms with Crippen molar-refractivity contribution in [2.45, 2.75) is 38.6 Å². The Kier molecular flexibility index (Phi) is 6.74. The molecule has 1 atom stereocenters. The van der Waals surface area contributed by atoms with Crippen molar-refractivity contribution >= 4 is 34.6 Å². The lowest BCUT2D eigenvalue weighted by Gasteiger charge is -2.33. The highest BCUT2D eigenvalue weighted by Crippen LogP contribution is 2.16. The molecule has 0 aromatic heterocycles. The molecule has 0 spiro atoms. The summed E-state index contributed by atoms with van der Waals surface area (Å²) in [6.07, 6.45) is 5.18. The van der Waals surface area contributed by atoms with Gasteiger partial charge in [-0.05, 0) is 69.2 Å². The first kappa shape index (κ1) is 16.5. The highest BCUT2D eigenvalue weighted by atomic mass is 35.5. The van der Waals surface area contributed by atoms with E-state index in [1.807, 2.05) is 24.3 Å². The lowest BCUT2D eigenvalue weighted by atomic mass is 10.0. The van der Waals surface area contributed by atoms with Crippen LogP contribution in [-0.4, -0.2) is 35.7 Å². The van der Waals surface area contributed by atoms with Crippen LogP contribution in [-0.2, 0) is 0 Å². The van der Waals surface area contributed by atoms with Crippen molar-refractivity contribution in [3.05, 3.63) is 29.3 Å². The van der Waals surface area contributed by atoms with Crippen LogP contribution < -0.4 is 10.6 Å². The van der Waals surface area contributed by atoms with E-state index in [1.54, 1.807) is 0 Å². The first-order valence-electron chi connectivity index (χ1n) is 7.69. The Bertz CT molecular complexity index is 449.